The second-order valence-electron chi connectivity index (χ2n) is 5.29. The van der Waals surface area contributed by atoms with E-state index < -0.39 is 26.6 Å². The molecule has 2 rings (SSSR count). The van der Waals surface area contributed by atoms with Crippen molar-refractivity contribution < 1.29 is 17.2 Å². The molecular weight excluding hydrogens is 286 g/mol. The Kier molecular flexibility index (Phi) is 4.13. The van der Waals surface area contributed by atoms with Crippen LogP contribution in [0.25, 0.3) is 0 Å². The molecule has 0 radical (unpaired) electrons. The van der Waals surface area contributed by atoms with Gasteiger partial charge < -0.3 is 5.32 Å². The molecule has 0 aliphatic carbocycles. The van der Waals surface area contributed by atoms with Crippen LogP contribution in [0.5, 0.6) is 0 Å². The van der Waals surface area contributed by atoms with Gasteiger partial charge in [-0.15, -0.1) is 0 Å². The molecule has 0 aromatic heterocycles. The van der Waals surface area contributed by atoms with Gasteiger partial charge in [0.25, 0.3) is 0 Å². The van der Waals surface area contributed by atoms with Gasteiger partial charge >= 0.3 is 0 Å². The van der Waals surface area contributed by atoms with Crippen molar-refractivity contribution in [2.24, 2.45) is 0 Å². The topological polar surface area (TPSA) is 49.4 Å². The van der Waals surface area contributed by atoms with Gasteiger partial charge in [-0.05, 0) is 45.0 Å². The molecule has 0 atom stereocenters. The average Bonchev–Trinajstić information content (AvgIpc) is 2.42. The Bertz CT molecular complexity index is 596. The normalized spacial score (nSPS) is 20.0. The smallest absolute Gasteiger partial charge is 0.246 e. The highest BCUT2D eigenvalue weighted by Crippen LogP contribution is 2.27. The monoisotopic (exact) mass is 304 g/mol. The minimum atomic E-state index is -3.98. The molecule has 0 amide bonds. The summed E-state index contributed by atoms with van der Waals surface area (Å²) in [5.74, 6) is -1.68. The third-order valence-electron chi connectivity index (χ3n) is 3.94. The van der Waals surface area contributed by atoms with Crippen molar-refractivity contribution in [1.29, 1.82) is 0 Å². The van der Waals surface area contributed by atoms with E-state index in [0.717, 1.165) is 18.2 Å². The van der Waals surface area contributed by atoms with Crippen LogP contribution in [-0.2, 0) is 10.0 Å². The van der Waals surface area contributed by atoms with Crippen LogP contribution >= 0.6 is 0 Å². The quantitative estimate of drug-likeness (QED) is 0.925. The molecule has 0 saturated carbocycles. The molecular formula is C13H18F2N2O2S. The lowest BCUT2D eigenvalue weighted by Crippen LogP contribution is -2.51. The van der Waals surface area contributed by atoms with Crippen molar-refractivity contribution in [2.75, 3.05) is 20.1 Å². The number of rotatable bonds is 3. The summed E-state index contributed by atoms with van der Waals surface area (Å²) in [6.07, 6.45) is 1.25. The maximum Gasteiger partial charge on any atom is 0.246 e. The van der Waals surface area contributed by atoms with E-state index in [0.29, 0.717) is 12.8 Å². The number of benzene rings is 1. The molecule has 20 heavy (non-hydrogen) atoms. The van der Waals surface area contributed by atoms with Crippen LogP contribution < -0.4 is 5.32 Å². The first kappa shape index (κ1) is 15.3. The molecule has 1 saturated heterocycles. The molecule has 1 fully saturated rings. The third kappa shape index (κ3) is 2.84. The zero-order chi connectivity index (χ0) is 15.0. The fourth-order valence-electron chi connectivity index (χ4n) is 2.28. The minimum absolute atomic E-state index is 0.119. The van der Waals surface area contributed by atoms with Gasteiger partial charge in [0, 0.05) is 18.6 Å². The highest BCUT2D eigenvalue weighted by Gasteiger charge is 2.35. The Morgan fingerprint density at radius 3 is 2.40 bits per heavy atom. The highest BCUT2D eigenvalue weighted by atomic mass is 32.2. The number of nitrogens with one attached hydrogen (secondary N) is 1. The molecule has 1 aromatic carbocycles. The summed E-state index contributed by atoms with van der Waals surface area (Å²) >= 11 is 0. The van der Waals surface area contributed by atoms with Crippen LogP contribution in [-0.4, -0.2) is 38.4 Å². The number of piperidine rings is 1. The summed E-state index contributed by atoms with van der Waals surface area (Å²) in [5.41, 5.74) is -0.119. The van der Waals surface area contributed by atoms with E-state index in [2.05, 4.69) is 5.32 Å². The molecule has 4 nitrogen and oxygen atoms in total. The maximum atomic E-state index is 13.7. The zero-order valence-electron chi connectivity index (χ0n) is 11.5. The van der Waals surface area contributed by atoms with Gasteiger partial charge in [-0.25, -0.2) is 17.2 Å². The first-order valence-electron chi connectivity index (χ1n) is 6.43. The minimum Gasteiger partial charge on any atom is -0.314 e. The van der Waals surface area contributed by atoms with Crippen LogP contribution in [0.15, 0.2) is 23.1 Å². The summed E-state index contributed by atoms with van der Waals surface area (Å²) in [5, 5.41) is 3.16. The summed E-state index contributed by atoms with van der Waals surface area (Å²) in [6, 6.07) is 2.48. The lowest BCUT2D eigenvalue weighted by atomic mass is 9.91. The van der Waals surface area contributed by atoms with E-state index in [4.69, 9.17) is 0 Å². The maximum absolute atomic E-state index is 13.7. The Balaban J connectivity index is 2.26. The van der Waals surface area contributed by atoms with Crippen LogP contribution in [0.3, 0.4) is 0 Å². The molecule has 1 heterocycles. The van der Waals surface area contributed by atoms with Gasteiger partial charge in [-0.1, -0.05) is 0 Å². The molecule has 0 bridgehead atoms. The van der Waals surface area contributed by atoms with E-state index in [9.17, 15) is 17.2 Å². The average molecular weight is 304 g/mol. The Morgan fingerprint density at radius 2 is 1.85 bits per heavy atom. The molecule has 7 heteroatoms. The number of halogens is 2. The van der Waals surface area contributed by atoms with E-state index in [1.807, 2.05) is 14.0 Å². The lowest BCUT2D eigenvalue weighted by Gasteiger charge is -2.38. The second kappa shape index (κ2) is 5.38. The number of nitrogens with zero attached hydrogens (tertiary/aromatic N) is 1. The predicted molar refractivity (Wildman–Crippen MR) is 71.8 cm³/mol. The van der Waals surface area contributed by atoms with E-state index >= 15 is 0 Å². The van der Waals surface area contributed by atoms with Crippen molar-refractivity contribution in [3.8, 4) is 0 Å². The Labute approximate surface area is 117 Å². The molecule has 112 valence electrons. The molecule has 1 aliphatic heterocycles. The van der Waals surface area contributed by atoms with Gasteiger partial charge in [0.05, 0.1) is 0 Å². The number of sulfonamides is 1. The zero-order valence-corrected chi connectivity index (χ0v) is 12.3. The fraction of sp³-hybridized carbons (Fsp3) is 0.538. The predicted octanol–water partition coefficient (Wildman–Crippen LogP) is 1.73. The van der Waals surface area contributed by atoms with Crippen LogP contribution in [0.2, 0.25) is 0 Å². The van der Waals surface area contributed by atoms with Crippen molar-refractivity contribution in [1.82, 2.24) is 9.62 Å². The van der Waals surface area contributed by atoms with Crippen LogP contribution in [0.4, 0.5) is 8.78 Å². The molecule has 1 N–H and O–H groups in total. The van der Waals surface area contributed by atoms with Gasteiger partial charge in [-0.3, -0.25) is 0 Å². The largest absolute Gasteiger partial charge is 0.314 e. The Hall–Kier alpha value is -1.05. The van der Waals surface area contributed by atoms with Gasteiger partial charge in [0.2, 0.25) is 10.0 Å². The SMILES string of the molecule is CNC1(C)CCN(S(=O)(=O)c2cc(F)ccc2F)CC1. The van der Waals surface area contributed by atoms with Crippen molar-refractivity contribution in [2.45, 2.75) is 30.2 Å². The summed E-state index contributed by atoms with van der Waals surface area (Å²) < 4.78 is 52.7. The van der Waals surface area contributed by atoms with E-state index in [1.165, 1.54) is 4.31 Å². The molecule has 0 unspecified atom stereocenters. The summed E-state index contributed by atoms with van der Waals surface area (Å²) in [6.45, 7) is 2.59. The summed E-state index contributed by atoms with van der Waals surface area (Å²) in [7, 11) is -2.15. The second-order valence-corrected chi connectivity index (χ2v) is 7.20. The Morgan fingerprint density at radius 1 is 1.25 bits per heavy atom. The van der Waals surface area contributed by atoms with Gasteiger partial charge in [0.1, 0.15) is 16.5 Å². The van der Waals surface area contributed by atoms with Crippen molar-refractivity contribution >= 4 is 10.0 Å². The van der Waals surface area contributed by atoms with Gasteiger partial charge in [0.15, 0.2) is 0 Å². The molecule has 1 aromatic rings. The van der Waals surface area contributed by atoms with Crippen molar-refractivity contribution in [3.63, 3.8) is 0 Å². The highest BCUT2D eigenvalue weighted by molar-refractivity contribution is 7.89. The van der Waals surface area contributed by atoms with Crippen LogP contribution in [0.1, 0.15) is 19.8 Å². The number of hydrogen-bond acceptors (Lipinski definition) is 3. The van der Waals surface area contributed by atoms with Crippen LogP contribution in [0, 0.1) is 11.6 Å². The fourth-order valence-corrected chi connectivity index (χ4v) is 3.80. The lowest BCUT2D eigenvalue weighted by molar-refractivity contribution is 0.219. The molecule has 0 spiro atoms. The van der Waals surface area contributed by atoms with E-state index in [1.54, 1.807) is 0 Å². The first-order chi connectivity index (χ1) is 9.28. The standard InChI is InChI=1S/C13H18F2N2O2S/c1-13(16-2)5-7-17(8-6-13)20(18,19)12-9-10(14)3-4-11(12)15/h3-4,9,16H,5-8H2,1-2H3. The number of hydrogen-bond donors (Lipinski definition) is 1. The first-order valence-corrected chi connectivity index (χ1v) is 7.87. The van der Waals surface area contributed by atoms with Gasteiger partial charge in [-0.2, -0.15) is 4.31 Å². The van der Waals surface area contributed by atoms with E-state index in [-0.39, 0.29) is 18.6 Å². The van der Waals surface area contributed by atoms with Crippen molar-refractivity contribution in [3.05, 3.63) is 29.8 Å². The summed E-state index contributed by atoms with van der Waals surface area (Å²) in [4.78, 5) is -0.592. The molecule has 1 aliphatic rings. The third-order valence-corrected chi connectivity index (χ3v) is 5.85.